The van der Waals surface area contributed by atoms with Crippen molar-refractivity contribution >= 4 is 33.8 Å². The van der Waals surface area contributed by atoms with Crippen molar-refractivity contribution in [2.75, 3.05) is 27.3 Å². The van der Waals surface area contributed by atoms with Gasteiger partial charge in [-0.2, -0.15) is 5.10 Å². The summed E-state index contributed by atoms with van der Waals surface area (Å²) in [5, 5.41) is 11.9. The quantitative estimate of drug-likeness (QED) is 0.754. The minimum Gasteiger partial charge on any atom is -0.382 e. The predicted molar refractivity (Wildman–Crippen MR) is 123 cm³/mol. The van der Waals surface area contributed by atoms with Crippen molar-refractivity contribution in [1.82, 2.24) is 15.3 Å². The van der Waals surface area contributed by atoms with Crippen LogP contribution in [0.3, 0.4) is 0 Å². The molecule has 0 unspecified atom stereocenters. The lowest BCUT2D eigenvalue weighted by Crippen LogP contribution is -2.51. The second-order valence-electron chi connectivity index (χ2n) is 8.07. The van der Waals surface area contributed by atoms with E-state index in [-0.39, 0.29) is 5.41 Å². The largest absolute Gasteiger partial charge is 0.382 e. The number of hydrazone groups is 1. The van der Waals surface area contributed by atoms with E-state index in [9.17, 15) is 0 Å². The number of para-hydroxylation sites is 1. The summed E-state index contributed by atoms with van der Waals surface area (Å²) in [5.74, 6) is 0. The highest BCUT2D eigenvalue weighted by molar-refractivity contribution is 7.80. The Bertz CT molecular complexity index is 915. The van der Waals surface area contributed by atoms with Gasteiger partial charge in [-0.15, -0.1) is 0 Å². The fourth-order valence-electron chi connectivity index (χ4n) is 4.85. The number of nitrogens with one attached hydrogen (secondary N) is 1. The molecule has 1 aromatic heterocycles. The van der Waals surface area contributed by atoms with Gasteiger partial charge in [0.05, 0.1) is 34.3 Å². The molecule has 2 heterocycles. The van der Waals surface area contributed by atoms with Crippen LogP contribution >= 0.6 is 12.2 Å². The van der Waals surface area contributed by atoms with Crippen LogP contribution in [-0.4, -0.2) is 54.0 Å². The zero-order valence-corrected chi connectivity index (χ0v) is 18.2. The van der Waals surface area contributed by atoms with Gasteiger partial charge < -0.3 is 10.1 Å². The molecule has 1 saturated carbocycles. The minimum absolute atomic E-state index is 0.352. The maximum absolute atomic E-state index is 5.93. The summed E-state index contributed by atoms with van der Waals surface area (Å²) in [7, 11) is 3.69. The van der Waals surface area contributed by atoms with Crippen molar-refractivity contribution in [3.05, 3.63) is 42.1 Å². The normalized spacial score (nSPS) is 26.2. The van der Waals surface area contributed by atoms with E-state index < -0.39 is 0 Å². The maximum Gasteiger partial charge on any atom is 0.0916 e. The third-order valence-corrected chi connectivity index (χ3v) is 6.91. The summed E-state index contributed by atoms with van der Waals surface area (Å²) in [5.41, 5.74) is 2.94. The second-order valence-corrected chi connectivity index (χ2v) is 8.48. The molecule has 2 fully saturated rings. The molecule has 0 spiro atoms. The van der Waals surface area contributed by atoms with Gasteiger partial charge in [-0.3, -0.25) is 9.99 Å². The van der Waals surface area contributed by atoms with Crippen LogP contribution in [0.2, 0.25) is 0 Å². The predicted octanol–water partition coefficient (Wildman–Crippen LogP) is 4.06. The number of aromatic nitrogens is 1. The molecule has 5 nitrogen and oxygen atoms in total. The molecule has 1 aromatic carbocycles. The number of benzene rings is 1. The van der Waals surface area contributed by atoms with E-state index >= 15 is 0 Å². The molecule has 2 aromatic rings. The Balaban J connectivity index is 1.81. The number of nitrogens with zero attached hydrogens (tertiary/aromatic N) is 3. The number of thiocarbonyl (C=S) groups is 1. The van der Waals surface area contributed by atoms with E-state index in [0.717, 1.165) is 73.1 Å². The van der Waals surface area contributed by atoms with Gasteiger partial charge in [0, 0.05) is 32.3 Å². The molecule has 1 aliphatic heterocycles. The summed E-state index contributed by atoms with van der Waals surface area (Å²) < 4.78 is 5.44. The van der Waals surface area contributed by atoms with Gasteiger partial charge in [0.25, 0.3) is 0 Å². The summed E-state index contributed by atoms with van der Waals surface area (Å²) in [6, 6.07) is 10.9. The van der Waals surface area contributed by atoms with Gasteiger partial charge in [-0.1, -0.05) is 36.8 Å². The van der Waals surface area contributed by atoms with E-state index in [1.165, 1.54) is 5.71 Å². The molecule has 2 atom stereocenters. The highest BCUT2D eigenvalue weighted by Crippen LogP contribution is 2.40. The van der Waals surface area contributed by atoms with Crippen LogP contribution in [-0.2, 0) is 10.2 Å². The monoisotopic (exact) mass is 410 g/mol. The Morgan fingerprint density at radius 1 is 1.34 bits per heavy atom. The molecule has 1 saturated heterocycles. The van der Waals surface area contributed by atoms with Gasteiger partial charge in [0.2, 0.25) is 0 Å². The number of rotatable bonds is 5. The Morgan fingerprint density at radius 3 is 3.03 bits per heavy atom. The number of pyridine rings is 1. The Kier molecular flexibility index (Phi) is 6.11. The van der Waals surface area contributed by atoms with Crippen molar-refractivity contribution in [3.63, 3.8) is 0 Å². The lowest BCUT2D eigenvalue weighted by Gasteiger charge is -2.40. The lowest BCUT2D eigenvalue weighted by molar-refractivity contribution is 0.117. The van der Waals surface area contributed by atoms with Crippen LogP contribution in [0.4, 0.5) is 0 Å². The first-order valence-corrected chi connectivity index (χ1v) is 11.0. The fraction of sp³-hybridized carbons (Fsp3) is 0.522. The number of hydrogen-bond donors (Lipinski definition) is 1. The number of hydrogen-bond acceptors (Lipinski definition) is 5. The fourth-order valence-corrected chi connectivity index (χ4v) is 5.19. The van der Waals surface area contributed by atoms with Crippen molar-refractivity contribution in [1.29, 1.82) is 0 Å². The van der Waals surface area contributed by atoms with Crippen molar-refractivity contribution in [2.24, 2.45) is 5.10 Å². The summed E-state index contributed by atoms with van der Waals surface area (Å²) in [6.45, 7) is 1.70. The van der Waals surface area contributed by atoms with E-state index in [1.807, 2.05) is 19.3 Å². The molecule has 6 heteroatoms. The summed E-state index contributed by atoms with van der Waals surface area (Å²) in [4.78, 5) is 5.60. The Labute approximate surface area is 178 Å². The lowest BCUT2D eigenvalue weighted by atomic mass is 9.68. The van der Waals surface area contributed by atoms with Crippen LogP contribution in [0.5, 0.6) is 0 Å². The SMILES string of the molecule is CNC(=S)[C@]1(c2cnc3ccccc3c2)CCCCC1=NN1CCC[C@H]1COC. The summed E-state index contributed by atoms with van der Waals surface area (Å²) in [6.07, 6.45) is 8.51. The first kappa shape index (κ1) is 20.2. The molecule has 29 heavy (non-hydrogen) atoms. The van der Waals surface area contributed by atoms with Gasteiger partial charge in [-0.05, 0) is 49.8 Å². The van der Waals surface area contributed by atoms with E-state index in [4.69, 9.17) is 27.0 Å². The number of methoxy groups -OCH3 is 1. The van der Waals surface area contributed by atoms with E-state index in [1.54, 1.807) is 7.11 Å². The highest BCUT2D eigenvalue weighted by Gasteiger charge is 2.44. The van der Waals surface area contributed by atoms with Crippen LogP contribution in [0, 0.1) is 0 Å². The minimum atomic E-state index is -0.389. The van der Waals surface area contributed by atoms with Gasteiger partial charge in [-0.25, -0.2) is 0 Å². The average molecular weight is 411 g/mol. The summed E-state index contributed by atoms with van der Waals surface area (Å²) >= 11 is 5.93. The highest BCUT2D eigenvalue weighted by atomic mass is 32.1. The Hall–Kier alpha value is -2.05. The first-order valence-electron chi connectivity index (χ1n) is 10.6. The van der Waals surface area contributed by atoms with Crippen LogP contribution in [0.25, 0.3) is 10.9 Å². The molecule has 154 valence electrons. The third kappa shape index (κ3) is 3.76. The standard InChI is InChI=1S/C23H30N4OS/c1-24-22(29)23(18-14-17-8-3-4-10-20(17)25-15-18)12-6-5-11-21(23)26-27-13-7-9-19(27)16-28-2/h3-4,8,10,14-15,19H,5-7,9,11-13,16H2,1-2H3,(H,24,29)/t19-,23-/m0/s1. The molecular weight excluding hydrogens is 380 g/mol. The molecular formula is C23H30N4OS. The number of likely N-dealkylation sites (N-methyl/N-ethyl adjacent to an activating group) is 1. The molecule has 2 aliphatic rings. The van der Waals surface area contributed by atoms with Crippen LogP contribution in [0.15, 0.2) is 41.6 Å². The van der Waals surface area contributed by atoms with Crippen molar-refractivity contribution < 1.29 is 4.74 Å². The second kappa shape index (κ2) is 8.76. The molecule has 1 aliphatic carbocycles. The Morgan fingerprint density at radius 2 is 2.21 bits per heavy atom. The van der Waals surface area contributed by atoms with E-state index in [0.29, 0.717) is 6.04 Å². The van der Waals surface area contributed by atoms with Gasteiger partial charge >= 0.3 is 0 Å². The van der Waals surface area contributed by atoms with Crippen LogP contribution < -0.4 is 5.32 Å². The molecule has 4 rings (SSSR count). The zero-order chi connectivity index (χ0) is 20.3. The van der Waals surface area contributed by atoms with Gasteiger partial charge in [0.1, 0.15) is 0 Å². The molecule has 1 N–H and O–H groups in total. The maximum atomic E-state index is 5.93. The van der Waals surface area contributed by atoms with Crippen LogP contribution in [0.1, 0.15) is 44.1 Å². The van der Waals surface area contributed by atoms with E-state index in [2.05, 4.69) is 34.6 Å². The number of ether oxygens (including phenoxy) is 1. The zero-order valence-electron chi connectivity index (χ0n) is 17.4. The molecule has 0 radical (unpaired) electrons. The molecule has 0 amide bonds. The average Bonchev–Trinajstić information content (AvgIpc) is 3.20. The third-order valence-electron chi connectivity index (χ3n) is 6.36. The first-order chi connectivity index (χ1) is 14.2. The van der Waals surface area contributed by atoms with Crippen molar-refractivity contribution in [3.8, 4) is 0 Å². The van der Waals surface area contributed by atoms with Crippen molar-refractivity contribution in [2.45, 2.75) is 50.0 Å². The topological polar surface area (TPSA) is 49.8 Å². The van der Waals surface area contributed by atoms with Gasteiger partial charge in [0.15, 0.2) is 0 Å². The smallest absolute Gasteiger partial charge is 0.0916 e. The number of fused-ring (bicyclic) bond motifs is 1. The molecule has 0 bridgehead atoms.